The summed E-state index contributed by atoms with van der Waals surface area (Å²) in [6.45, 7) is 6.36. The fraction of sp³-hybridized carbons (Fsp3) is 0.458. The molecule has 0 spiro atoms. The van der Waals surface area contributed by atoms with Crippen LogP contribution in [0.25, 0.3) is 10.9 Å². The quantitative estimate of drug-likeness (QED) is 0.307. The van der Waals surface area contributed by atoms with Crippen LogP contribution in [0.15, 0.2) is 41.1 Å². The van der Waals surface area contributed by atoms with E-state index in [0.29, 0.717) is 12.5 Å². The van der Waals surface area contributed by atoms with Crippen molar-refractivity contribution in [2.75, 3.05) is 6.61 Å². The van der Waals surface area contributed by atoms with Crippen LogP contribution in [-0.4, -0.2) is 34.5 Å². The Kier molecular flexibility index (Phi) is 8.05. The number of benzene rings is 1. The van der Waals surface area contributed by atoms with E-state index in [9.17, 15) is 9.59 Å². The minimum absolute atomic E-state index is 0.0871. The second kappa shape index (κ2) is 10.9. The van der Waals surface area contributed by atoms with E-state index in [1.165, 1.54) is 6.26 Å². The molecule has 8 nitrogen and oxygen atoms in total. The number of oxazole rings is 1. The van der Waals surface area contributed by atoms with Gasteiger partial charge < -0.3 is 25.2 Å². The molecular weight excluding hydrogens is 408 g/mol. The molecule has 8 heteroatoms. The Balaban J connectivity index is 1.76. The highest BCUT2D eigenvalue weighted by Crippen LogP contribution is 2.22. The maximum Gasteiger partial charge on any atom is 0.328 e. The largest absolute Gasteiger partial charge is 0.464 e. The maximum atomic E-state index is 12.9. The van der Waals surface area contributed by atoms with Gasteiger partial charge in [-0.15, -0.1) is 0 Å². The molecule has 1 aromatic carbocycles. The van der Waals surface area contributed by atoms with Crippen LogP contribution in [0, 0.1) is 5.92 Å². The molecule has 1 amide bonds. The van der Waals surface area contributed by atoms with Crippen LogP contribution < -0.4 is 11.1 Å². The van der Waals surface area contributed by atoms with Gasteiger partial charge in [0.2, 0.25) is 5.89 Å². The summed E-state index contributed by atoms with van der Waals surface area (Å²) in [5, 5.41) is 3.76. The number of amides is 1. The van der Waals surface area contributed by atoms with Crippen LogP contribution in [0.1, 0.15) is 68.0 Å². The molecule has 0 aliphatic carbocycles. The molecule has 2 aromatic heterocycles. The monoisotopic (exact) mass is 440 g/mol. The number of carbonyl (C=O) groups excluding carboxylic acids is 2. The van der Waals surface area contributed by atoms with E-state index in [-0.39, 0.29) is 18.0 Å². The number of nitrogens with zero attached hydrogens (tertiary/aromatic N) is 1. The van der Waals surface area contributed by atoms with Gasteiger partial charge in [-0.25, -0.2) is 9.78 Å². The number of aromatic nitrogens is 2. The SMILES string of the molecule is CCCCOC(=O)C(Cc1c[nH]c2ccccc12)NC(=O)c1coc(C(N)C(C)CC)n1. The number of rotatable bonds is 11. The molecule has 0 bridgehead atoms. The predicted octanol–water partition coefficient (Wildman–Crippen LogP) is 3.89. The average molecular weight is 441 g/mol. The standard InChI is InChI=1S/C24H32N4O4/c1-4-6-11-31-24(30)19(12-16-13-26-18-10-8-7-9-17(16)18)27-22(29)20-14-32-23(28-20)21(25)15(3)5-2/h7-10,13-15,19,21,26H,4-6,11-12,25H2,1-3H3,(H,27,29). The Morgan fingerprint density at radius 1 is 1.28 bits per heavy atom. The number of para-hydroxylation sites is 1. The van der Waals surface area contributed by atoms with Crippen molar-refractivity contribution in [1.82, 2.24) is 15.3 Å². The Labute approximate surface area is 187 Å². The van der Waals surface area contributed by atoms with E-state index in [0.717, 1.165) is 35.7 Å². The molecule has 3 rings (SSSR count). The molecule has 0 aliphatic heterocycles. The highest BCUT2D eigenvalue weighted by molar-refractivity contribution is 5.95. The summed E-state index contributed by atoms with van der Waals surface area (Å²) < 4.78 is 10.8. The number of aromatic amines is 1. The lowest BCUT2D eigenvalue weighted by molar-refractivity contribution is -0.146. The van der Waals surface area contributed by atoms with Gasteiger partial charge in [0, 0.05) is 23.5 Å². The topological polar surface area (TPSA) is 123 Å². The first-order valence-electron chi connectivity index (χ1n) is 11.2. The van der Waals surface area contributed by atoms with Crippen LogP contribution in [-0.2, 0) is 16.0 Å². The van der Waals surface area contributed by atoms with Gasteiger partial charge in [-0.05, 0) is 24.0 Å². The number of fused-ring (bicyclic) bond motifs is 1. The Hall–Kier alpha value is -3.13. The van der Waals surface area contributed by atoms with Gasteiger partial charge in [-0.2, -0.15) is 0 Å². The molecule has 0 saturated heterocycles. The zero-order valence-corrected chi connectivity index (χ0v) is 18.9. The van der Waals surface area contributed by atoms with E-state index in [1.807, 2.05) is 51.2 Å². The molecule has 172 valence electrons. The summed E-state index contributed by atoms with van der Waals surface area (Å²) in [6, 6.07) is 6.55. The molecule has 3 aromatic rings. The molecule has 3 unspecified atom stereocenters. The summed E-state index contributed by atoms with van der Waals surface area (Å²) in [5.41, 5.74) is 8.12. The van der Waals surface area contributed by atoms with E-state index in [2.05, 4.69) is 15.3 Å². The number of nitrogens with one attached hydrogen (secondary N) is 2. The second-order valence-corrected chi connectivity index (χ2v) is 8.09. The lowest BCUT2D eigenvalue weighted by atomic mass is 10.0. The van der Waals surface area contributed by atoms with Crippen molar-refractivity contribution in [3.63, 3.8) is 0 Å². The van der Waals surface area contributed by atoms with Gasteiger partial charge in [0.25, 0.3) is 5.91 Å². The van der Waals surface area contributed by atoms with Crippen LogP contribution in [0.4, 0.5) is 0 Å². The number of hydrogen-bond acceptors (Lipinski definition) is 6. The average Bonchev–Trinajstić information content (AvgIpc) is 3.45. The number of hydrogen-bond donors (Lipinski definition) is 3. The number of ether oxygens (including phenoxy) is 1. The van der Waals surface area contributed by atoms with Crippen LogP contribution in [0.2, 0.25) is 0 Å². The Morgan fingerprint density at radius 3 is 2.81 bits per heavy atom. The van der Waals surface area contributed by atoms with Gasteiger partial charge in [0.15, 0.2) is 5.69 Å². The molecule has 0 aliphatic rings. The smallest absolute Gasteiger partial charge is 0.328 e. The third-order valence-electron chi connectivity index (χ3n) is 5.73. The lowest BCUT2D eigenvalue weighted by Crippen LogP contribution is -2.43. The number of unbranched alkanes of at least 4 members (excludes halogenated alkanes) is 1. The molecule has 0 saturated carbocycles. The van der Waals surface area contributed by atoms with Crippen molar-refractivity contribution >= 4 is 22.8 Å². The van der Waals surface area contributed by atoms with Crippen LogP contribution in [0.5, 0.6) is 0 Å². The summed E-state index contributed by atoms with van der Waals surface area (Å²) in [6.07, 6.45) is 5.95. The third kappa shape index (κ3) is 5.56. The summed E-state index contributed by atoms with van der Waals surface area (Å²) in [7, 11) is 0. The lowest BCUT2D eigenvalue weighted by Gasteiger charge is -2.17. The first-order valence-corrected chi connectivity index (χ1v) is 11.2. The fourth-order valence-corrected chi connectivity index (χ4v) is 3.41. The van der Waals surface area contributed by atoms with Gasteiger partial charge in [-0.3, -0.25) is 4.79 Å². The van der Waals surface area contributed by atoms with Crippen molar-refractivity contribution in [2.45, 2.75) is 58.5 Å². The van der Waals surface area contributed by atoms with Crippen LogP contribution >= 0.6 is 0 Å². The van der Waals surface area contributed by atoms with Gasteiger partial charge >= 0.3 is 5.97 Å². The molecular formula is C24H32N4O4. The zero-order chi connectivity index (χ0) is 23.1. The number of H-pyrrole nitrogens is 1. The predicted molar refractivity (Wildman–Crippen MR) is 122 cm³/mol. The van der Waals surface area contributed by atoms with Gasteiger partial charge in [-0.1, -0.05) is 51.8 Å². The van der Waals surface area contributed by atoms with E-state index in [1.54, 1.807) is 0 Å². The fourth-order valence-electron chi connectivity index (χ4n) is 3.41. The molecule has 3 atom stereocenters. The van der Waals surface area contributed by atoms with Crippen molar-refractivity contribution in [2.24, 2.45) is 11.7 Å². The third-order valence-corrected chi connectivity index (χ3v) is 5.73. The first kappa shape index (κ1) is 23.5. The number of carbonyl (C=O) groups is 2. The molecule has 4 N–H and O–H groups in total. The molecule has 0 fully saturated rings. The van der Waals surface area contributed by atoms with E-state index >= 15 is 0 Å². The minimum Gasteiger partial charge on any atom is -0.464 e. The van der Waals surface area contributed by atoms with Crippen molar-refractivity contribution < 1.29 is 18.7 Å². The number of esters is 1. The first-order chi connectivity index (χ1) is 15.4. The summed E-state index contributed by atoms with van der Waals surface area (Å²) in [5.74, 6) is -0.512. The molecule has 0 radical (unpaired) electrons. The van der Waals surface area contributed by atoms with E-state index < -0.39 is 24.0 Å². The van der Waals surface area contributed by atoms with Gasteiger partial charge in [0.05, 0.1) is 12.6 Å². The molecule has 32 heavy (non-hydrogen) atoms. The normalized spacial score (nSPS) is 14.1. The minimum atomic E-state index is -0.859. The molecule has 2 heterocycles. The maximum absolute atomic E-state index is 12.9. The second-order valence-electron chi connectivity index (χ2n) is 8.09. The summed E-state index contributed by atoms with van der Waals surface area (Å²) in [4.78, 5) is 33.1. The highest BCUT2D eigenvalue weighted by atomic mass is 16.5. The highest BCUT2D eigenvalue weighted by Gasteiger charge is 2.27. The Morgan fingerprint density at radius 2 is 2.06 bits per heavy atom. The van der Waals surface area contributed by atoms with Gasteiger partial charge in [0.1, 0.15) is 12.3 Å². The zero-order valence-electron chi connectivity index (χ0n) is 18.9. The summed E-state index contributed by atoms with van der Waals surface area (Å²) >= 11 is 0. The van der Waals surface area contributed by atoms with E-state index in [4.69, 9.17) is 14.9 Å². The van der Waals surface area contributed by atoms with Crippen molar-refractivity contribution in [1.29, 1.82) is 0 Å². The number of nitrogens with two attached hydrogens (primary N) is 1. The van der Waals surface area contributed by atoms with Crippen molar-refractivity contribution in [3.05, 3.63) is 53.9 Å². The Bertz CT molecular complexity index is 1040. The van der Waals surface area contributed by atoms with Crippen LogP contribution in [0.3, 0.4) is 0 Å². The van der Waals surface area contributed by atoms with Crippen molar-refractivity contribution in [3.8, 4) is 0 Å².